The second kappa shape index (κ2) is 9.08. The highest BCUT2D eigenvalue weighted by Crippen LogP contribution is 2.28. The van der Waals surface area contributed by atoms with E-state index in [1.165, 1.54) is 4.90 Å². The highest BCUT2D eigenvalue weighted by Gasteiger charge is 2.23. The Kier molecular flexibility index (Phi) is 6.05. The molecular weight excluding hydrogens is 412 g/mol. The molecule has 0 atom stereocenters. The number of nitrogens with one attached hydrogen (secondary N) is 1. The van der Waals surface area contributed by atoms with Crippen molar-refractivity contribution in [2.24, 2.45) is 0 Å². The van der Waals surface area contributed by atoms with Crippen LogP contribution < -0.4 is 5.32 Å². The Bertz CT molecular complexity index is 1190. The van der Waals surface area contributed by atoms with Crippen LogP contribution in [-0.2, 0) is 9.53 Å². The summed E-state index contributed by atoms with van der Waals surface area (Å²) < 4.78 is 11.5. The molecule has 0 aliphatic carbocycles. The van der Waals surface area contributed by atoms with Crippen molar-refractivity contribution >= 4 is 28.8 Å². The first kappa shape index (κ1) is 21.3. The Morgan fingerprint density at radius 1 is 1.28 bits per heavy atom. The van der Waals surface area contributed by atoms with E-state index in [1.54, 1.807) is 36.4 Å². The van der Waals surface area contributed by atoms with Gasteiger partial charge < -0.3 is 24.5 Å². The van der Waals surface area contributed by atoms with Crippen molar-refractivity contribution in [1.29, 1.82) is 5.26 Å². The third-order valence-electron chi connectivity index (χ3n) is 5.38. The molecule has 0 spiro atoms. The summed E-state index contributed by atoms with van der Waals surface area (Å²) in [6, 6.07) is 12.7. The van der Waals surface area contributed by atoms with Gasteiger partial charge in [0.1, 0.15) is 12.1 Å². The van der Waals surface area contributed by atoms with Gasteiger partial charge >= 0.3 is 6.09 Å². The number of hydrogen-bond acceptors (Lipinski definition) is 6. The maximum atomic E-state index is 12.2. The molecule has 164 valence electrons. The number of anilines is 1. The molecule has 9 heteroatoms. The summed E-state index contributed by atoms with van der Waals surface area (Å²) in [6.07, 6.45) is 0.106. The summed E-state index contributed by atoms with van der Waals surface area (Å²) in [5.74, 6) is 0.159. The van der Waals surface area contributed by atoms with Crippen molar-refractivity contribution in [2.45, 2.75) is 25.9 Å². The zero-order valence-electron chi connectivity index (χ0n) is 17.5. The van der Waals surface area contributed by atoms with E-state index in [0.717, 1.165) is 11.1 Å². The molecule has 2 amide bonds. The lowest BCUT2D eigenvalue weighted by Gasteiger charge is -2.29. The third-order valence-corrected chi connectivity index (χ3v) is 5.38. The zero-order valence-corrected chi connectivity index (χ0v) is 17.5. The number of piperidine rings is 1. The molecule has 1 aromatic heterocycles. The number of rotatable bonds is 5. The number of carbonyl (C=O) groups is 2. The number of nitrogens with zero attached hydrogens (tertiary/aromatic N) is 3. The number of oxazole rings is 1. The van der Waals surface area contributed by atoms with Crippen LogP contribution in [0.1, 0.15) is 24.0 Å². The van der Waals surface area contributed by atoms with Crippen molar-refractivity contribution < 1.29 is 23.8 Å². The number of ether oxygens (including phenoxy) is 1. The van der Waals surface area contributed by atoms with Crippen LogP contribution in [0.4, 0.5) is 10.5 Å². The van der Waals surface area contributed by atoms with Crippen LogP contribution in [0.15, 0.2) is 40.8 Å². The summed E-state index contributed by atoms with van der Waals surface area (Å²) >= 11 is 0. The van der Waals surface area contributed by atoms with Crippen LogP contribution in [0, 0.1) is 18.3 Å². The lowest BCUT2D eigenvalue weighted by atomic mass is 10.1. The molecule has 9 nitrogen and oxygen atoms in total. The lowest BCUT2D eigenvalue weighted by Crippen LogP contribution is -2.40. The molecule has 2 N–H and O–H groups in total. The molecule has 2 heterocycles. The predicted molar refractivity (Wildman–Crippen MR) is 116 cm³/mol. The van der Waals surface area contributed by atoms with Crippen molar-refractivity contribution in [3.05, 3.63) is 47.5 Å². The number of carboxylic acid groups (broad SMARTS) is 1. The fourth-order valence-electron chi connectivity index (χ4n) is 3.69. The van der Waals surface area contributed by atoms with Gasteiger partial charge in [0.15, 0.2) is 5.58 Å². The van der Waals surface area contributed by atoms with Gasteiger partial charge in [0.2, 0.25) is 11.8 Å². The van der Waals surface area contributed by atoms with Crippen LogP contribution >= 0.6 is 0 Å². The van der Waals surface area contributed by atoms with Gasteiger partial charge in [0, 0.05) is 24.3 Å². The minimum absolute atomic E-state index is 0.0921. The van der Waals surface area contributed by atoms with Crippen LogP contribution in [0.5, 0.6) is 0 Å². The van der Waals surface area contributed by atoms with Crippen molar-refractivity contribution in [3.8, 4) is 17.5 Å². The topological polar surface area (TPSA) is 129 Å². The first-order chi connectivity index (χ1) is 15.4. The molecule has 32 heavy (non-hydrogen) atoms. The molecule has 1 saturated heterocycles. The minimum Gasteiger partial charge on any atom is -0.465 e. The van der Waals surface area contributed by atoms with Gasteiger partial charge in [-0.1, -0.05) is 0 Å². The van der Waals surface area contributed by atoms with Crippen molar-refractivity contribution in [2.75, 3.05) is 25.0 Å². The molecule has 0 bridgehead atoms. The third kappa shape index (κ3) is 4.71. The Balaban J connectivity index is 1.33. The molecule has 1 aliphatic heterocycles. The number of aryl methyl sites for hydroxylation is 1. The number of likely N-dealkylation sites (tertiary alicyclic amines) is 1. The van der Waals surface area contributed by atoms with Crippen LogP contribution in [0.2, 0.25) is 0 Å². The van der Waals surface area contributed by atoms with Gasteiger partial charge in [-0.25, -0.2) is 9.78 Å². The van der Waals surface area contributed by atoms with Gasteiger partial charge in [-0.3, -0.25) is 4.79 Å². The monoisotopic (exact) mass is 434 g/mol. The number of hydrogen-bond donors (Lipinski definition) is 2. The fourth-order valence-corrected chi connectivity index (χ4v) is 3.69. The predicted octanol–water partition coefficient (Wildman–Crippen LogP) is 3.77. The maximum Gasteiger partial charge on any atom is 0.407 e. The Morgan fingerprint density at radius 2 is 2.00 bits per heavy atom. The van der Waals surface area contributed by atoms with Gasteiger partial charge in [-0.2, -0.15) is 5.26 Å². The quantitative estimate of drug-likeness (QED) is 0.625. The second-order valence-corrected chi connectivity index (χ2v) is 7.68. The number of benzene rings is 2. The Morgan fingerprint density at radius 3 is 2.66 bits per heavy atom. The van der Waals surface area contributed by atoms with Crippen LogP contribution in [0.3, 0.4) is 0 Å². The normalized spacial score (nSPS) is 14.3. The summed E-state index contributed by atoms with van der Waals surface area (Å²) in [5, 5.41) is 20.9. The zero-order chi connectivity index (χ0) is 22.7. The van der Waals surface area contributed by atoms with Gasteiger partial charge in [-0.15, -0.1) is 0 Å². The highest BCUT2D eigenvalue weighted by molar-refractivity contribution is 5.92. The average Bonchev–Trinajstić information content (AvgIpc) is 3.23. The van der Waals surface area contributed by atoms with E-state index in [2.05, 4.69) is 16.4 Å². The molecule has 4 rings (SSSR count). The molecule has 1 fully saturated rings. The van der Waals surface area contributed by atoms with E-state index in [-0.39, 0.29) is 18.6 Å². The van der Waals surface area contributed by atoms with E-state index >= 15 is 0 Å². The van der Waals surface area contributed by atoms with E-state index < -0.39 is 6.09 Å². The summed E-state index contributed by atoms with van der Waals surface area (Å²) in [5.41, 5.74) is 4.00. The smallest absolute Gasteiger partial charge is 0.407 e. The first-order valence-electron chi connectivity index (χ1n) is 10.2. The minimum atomic E-state index is -0.926. The number of aromatic nitrogens is 1. The van der Waals surface area contributed by atoms with Crippen LogP contribution in [-0.4, -0.2) is 52.8 Å². The molecule has 0 unspecified atom stereocenters. The molecule has 3 aromatic rings. The molecule has 0 radical (unpaired) electrons. The summed E-state index contributed by atoms with van der Waals surface area (Å²) in [7, 11) is 0. The van der Waals surface area contributed by atoms with Gasteiger partial charge in [0.05, 0.1) is 17.7 Å². The van der Waals surface area contributed by atoms with Crippen LogP contribution in [0.25, 0.3) is 22.6 Å². The molecule has 2 aromatic carbocycles. The fraction of sp³-hybridized carbons (Fsp3) is 0.304. The number of carbonyl (C=O) groups excluding carboxylic acids is 1. The maximum absolute atomic E-state index is 12.2. The van der Waals surface area contributed by atoms with Gasteiger partial charge in [0.25, 0.3) is 0 Å². The van der Waals surface area contributed by atoms with E-state index in [9.17, 15) is 9.59 Å². The summed E-state index contributed by atoms with van der Waals surface area (Å²) in [6.45, 7) is 2.60. The lowest BCUT2D eigenvalue weighted by molar-refractivity contribution is -0.123. The molecule has 0 saturated carbocycles. The second-order valence-electron chi connectivity index (χ2n) is 7.68. The van der Waals surface area contributed by atoms with Gasteiger partial charge in [-0.05, 0) is 61.7 Å². The van der Waals surface area contributed by atoms with E-state index in [1.807, 2.05) is 6.92 Å². The SMILES string of the molecule is Cc1cc(C#N)cc2nc(-c3ccc(NC(=O)COC4CCN(C(=O)O)CC4)cc3)oc12. The first-order valence-corrected chi connectivity index (χ1v) is 10.2. The summed E-state index contributed by atoms with van der Waals surface area (Å²) in [4.78, 5) is 29.0. The largest absolute Gasteiger partial charge is 0.465 e. The molecule has 1 aliphatic rings. The van der Waals surface area contributed by atoms with Crippen molar-refractivity contribution in [3.63, 3.8) is 0 Å². The van der Waals surface area contributed by atoms with Crippen molar-refractivity contribution in [1.82, 2.24) is 9.88 Å². The molecular formula is C23H22N4O5. The highest BCUT2D eigenvalue weighted by atomic mass is 16.5. The Hall–Kier alpha value is -3.90. The van der Waals surface area contributed by atoms with E-state index in [0.29, 0.717) is 54.2 Å². The standard InChI is InChI=1S/C23H22N4O5/c1-14-10-15(12-24)11-19-21(14)32-22(26-19)16-2-4-17(5-3-16)25-20(28)13-31-18-6-8-27(9-7-18)23(29)30/h2-5,10-11,18H,6-9,13H2,1H3,(H,25,28)(H,29,30). The number of nitriles is 1. The van der Waals surface area contributed by atoms with E-state index in [4.69, 9.17) is 19.5 Å². The number of amides is 2. The Labute approximate surface area is 184 Å². The number of fused-ring (bicyclic) bond motifs is 1. The average molecular weight is 434 g/mol.